The van der Waals surface area contributed by atoms with E-state index in [1.807, 2.05) is 30.3 Å². The summed E-state index contributed by atoms with van der Waals surface area (Å²) in [6, 6.07) is 9.82. The van der Waals surface area contributed by atoms with Gasteiger partial charge in [-0.2, -0.15) is 0 Å². The van der Waals surface area contributed by atoms with Crippen molar-refractivity contribution >= 4 is 21.7 Å². The number of benzene rings is 1. The van der Waals surface area contributed by atoms with Gasteiger partial charge >= 0.3 is 0 Å². The summed E-state index contributed by atoms with van der Waals surface area (Å²) >= 11 is 3.38. The minimum Gasteiger partial charge on any atom is -0.360 e. The number of nitrogens with one attached hydrogen (secondary N) is 1. The van der Waals surface area contributed by atoms with Gasteiger partial charge in [0.1, 0.15) is 0 Å². The van der Waals surface area contributed by atoms with E-state index in [0.717, 1.165) is 15.7 Å². The van der Waals surface area contributed by atoms with Crippen molar-refractivity contribution < 1.29 is 4.79 Å². The van der Waals surface area contributed by atoms with Crippen LogP contribution >= 0.6 is 15.9 Å². The first-order valence-corrected chi connectivity index (χ1v) is 5.41. The lowest BCUT2D eigenvalue weighted by molar-refractivity contribution is 0.101. The fourth-order valence-corrected chi connectivity index (χ4v) is 1.66. The predicted molar refractivity (Wildman–Crippen MR) is 63.9 cm³/mol. The van der Waals surface area contributed by atoms with Crippen LogP contribution in [-0.4, -0.2) is 10.8 Å². The summed E-state index contributed by atoms with van der Waals surface area (Å²) < 4.78 is 1.05. The number of rotatable bonds is 2. The molecule has 2 aromatic rings. The zero-order valence-electron chi connectivity index (χ0n) is 8.25. The predicted octanol–water partition coefficient (Wildman–Crippen LogP) is 3.65. The maximum absolute atomic E-state index is 11.1. The second-order valence-corrected chi connectivity index (χ2v) is 4.28. The van der Waals surface area contributed by atoms with Gasteiger partial charge in [0.15, 0.2) is 5.78 Å². The maximum atomic E-state index is 11.1. The first kappa shape index (κ1) is 10.2. The molecule has 0 atom stereocenters. The van der Waals surface area contributed by atoms with Crippen LogP contribution in [0, 0.1) is 0 Å². The van der Waals surface area contributed by atoms with E-state index in [2.05, 4.69) is 20.9 Å². The lowest BCUT2D eigenvalue weighted by Gasteiger charge is -1.97. The number of hydrogen-bond acceptors (Lipinski definition) is 1. The first-order valence-electron chi connectivity index (χ1n) is 4.62. The van der Waals surface area contributed by atoms with Crippen LogP contribution < -0.4 is 0 Å². The molecule has 1 heterocycles. The van der Waals surface area contributed by atoms with Crippen LogP contribution in [0.4, 0.5) is 0 Å². The third kappa shape index (κ3) is 2.18. The molecule has 0 aliphatic heterocycles. The fourth-order valence-electron chi connectivity index (χ4n) is 1.39. The zero-order chi connectivity index (χ0) is 10.8. The van der Waals surface area contributed by atoms with Gasteiger partial charge in [-0.15, -0.1) is 0 Å². The molecule has 3 heteroatoms. The fraction of sp³-hybridized carbons (Fsp3) is 0.0833. The normalized spacial score (nSPS) is 10.3. The number of carbonyl (C=O) groups is 1. The van der Waals surface area contributed by atoms with Crippen LogP contribution in [0.1, 0.15) is 17.3 Å². The Hall–Kier alpha value is -1.35. The van der Waals surface area contributed by atoms with Gasteiger partial charge in [-0.05, 0) is 30.7 Å². The number of ketones is 1. The summed E-state index contributed by atoms with van der Waals surface area (Å²) in [5, 5.41) is 0. The van der Waals surface area contributed by atoms with E-state index in [1.54, 1.807) is 13.1 Å². The largest absolute Gasteiger partial charge is 0.360 e. The summed E-state index contributed by atoms with van der Waals surface area (Å²) in [7, 11) is 0. The maximum Gasteiger partial charge on any atom is 0.161 e. The minimum atomic E-state index is 0.0783. The third-order valence-corrected chi connectivity index (χ3v) is 2.77. The van der Waals surface area contributed by atoms with Gasteiger partial charge < -0.3 is 4.98 Å². The molecule has 0 aliphatic carbocycles. The highest BCUT2D eigenvalue weighted by molar-refractivity contribution is 9.10. The van der Waals surface area contributed by atoms with Crippen molar-refractivity contribution in [1.82, 2.24) is 4.98 Å². The number of carbonyl (C=O) groups excluding carboxylic acids is 1. The Kier molecular flexibility index (Phi) is 2.73. The summed E-state index contributed by atoms with van der Waals surface area (Å²) in [4.78, 5) is 14.2. The summed E-state index contributed by atoms with van der Waals surface area (Å²) in [6.07, 6.45) is 1.74. The number of H-pyrrole nitrogens is 1. The van der Waals surface area contributed by atoms with E-state index in [4.69, 9.17) is 0 Å². The van der Waals surface area contributed by atoms with Gasteiger partial charge in [0.25, 0.3) is 0 Å². The topological polar surface area (TPSA) is 32.9 Å². The molecule has 0 saturated heterocycles. The van der Waals surface area contributed by atoms with E-state index in [9.17, 15) is 4.79 Å². The van der Waals surface area contributed by atoms with E-state index in [-0.39, 0.29) is 5.78 Å². The summed E-state index contributed by atoms with van der Waals surface area (Å²) in [5.74, 6) is 0.0783. The van der Waals surface area contributed by atoms with Crippen LogP contribution in [0.3, 0.4) is 0 Å². The number of aromatic nitrogens is 1. The Morgan fingerprint density at radius 1 is 1.27 bits per heavy atom. The van der Waals surface area contributed by atoms with Gasteiger partial charge in [0.2, 0.25) is 0 Å². The van der Waals surface area contributed by atoms with Crippen molar-refractivity contribution in [2.75, 3.05) is 0 Å². The molecular weight excluding hydrogens is 254 g/mol. The monoisotopic (exact) mass is 263 g/mol. The second-order valence-electron chi connectivity index (χ2n) is 3.37. The quantitative estimate of drug-likeness (QED) is 0.825. The van der Waals surface area contributed by atoms with Crippen molar-refractivity contribution in [1.29, 1.82) is 0 Å². The molecule has 0 spiro atoms. The summed E-state index contributed by atoms with van der Waals surface area (Å²) in [6.45, 7) is 1.56. The molecule has 0 fully saturated rings. The molecule has 76 valence electrons. The molecule has 1 N–H and O–H groups in total. The molecule has 0 unspecified atom stereocenters. The van der Waals surface area contributed by atoms with Gasteiger partial charge in [-0.25, -0.2) is 0 Å². The molecule has 1 aromatic heterocycles. The summed E-state index contributed by atoms with van der Waals surface area (Å²) in [5.41, 5.74) is 2.76. The van der Waals surface area contributed by atoms with Crippen LogP contribution in [-0.2, 0) is 0 Å². The van der Waals surface area contributed by atoms with Gasteiger partial charge in [0, 0.05) is 21.9 Å². The highest BCUT2D eigenvalue weighted by atomic mass is 79.9. The Labute approximate surface area is 96.5 Å². The first-order chi connectivity index (χ1) is 7.16. The molecule has 0 bridgehead atoms. The van der Waals surface area contributed by atoms with E-state index in [1.165, 1.54) is 0 Å². The average molecular weight is 264 g/mol. The third-order valence-electron chi connectivity index (χ3n) is 2.24. The molecule has 0 radical (unpaired) electrons. The van der Waals surface area contributed by atoms with E-state index in [0.29, 0.717) is 5.56 Å². The highest BCUT2D eigenvalue weighted by Gasteiger charge is 2.04. The van der Waals surface area contributed by atoms with Crippen LogP contribution in [0.25, 0.3) is 11.3 Å². The zero-order valence-corrected chi connectivity index (χ0v) is 9.84. The molecule has 1 aromatic carbocycles. The van der Waals surface area contributed by atoms with Crippen molar-refractivity contribution in [3.05, 3.63) is 46.6 Å². The van der Waals surface area contributed by atoms with Gasteiger partial charge in [-0.3, -0.25) is 4.79 Å². The molecule has 0 aliphatic rings. The van der Waals surface area contributed by atoms with Gasteiger partial charge in [-0.1, -0.05) is 28.1 Å². The van der Waals surface area contributed by atoms with Crippen LogP contribution in [0.5, 0.6) is 0 Å². The molecule has 2 nitrogen and oxygen atoms in total. The van der Waals surface area contributed by atoms with Gasteiger partial charge in [0.05, 0.1) is 0 Å². The molecule has 2 rings (SSSR count). The Morgan fingerprint density at radius 2 is 1.93 bits per heavy atom. The van der Waals surface area contributed by atoms with Crippen molar-refractivity contribution in [3.8, 4) is 11.3 Å². The average Bonchev–Trinajstić information content (AvgIpc) is 2.68. The molecule has 0 amide bonds. The van der Waals surface area contributed by atoms with Crippen molar-refractivity contribution in [2.45, 2.75) is 6.92 Å². The number of halogens is 1. The van der Waals surface area contributed by atoms with Crippen molar-refractivity contribution in [2.24, 2.45) is 0 Å². The number of aromatic amines is 1. The standard InChI is InChI=1S/C12H10BrNO/c1-8(15)10-6-12(14-7-10)9-2-4-11(13)5-3-9/h2-7,14H,1H3. The lowest BCUT2D eigenvalue weighted by atomic mass is 10.1. The number of hydrogen-bond donors (Lipinski definition) is 1. The van der Waals surface area contributed by atoms with Crippen molar-refractivity contribution in [3.63, 3.8) is 0 Å². The number of Topliss-reactive ketones (excluding diaryl/α,β-unsaturated/α-hetero) is 1. The Morgan fingerprint density at radius 3 is 2.47 bits per heavy atom. The lowest BCUT2D eigenvalue weighted by Crippen LogP contribution is -1.86. The molecule has 15 heavy (non-hydrogen) atoms. The van der Waals surface area contributed by atoms with Crippen LogP contribution in [0.2, 0.25) is 0 Å². The van der Waals surface area contributed by atoms with E-state index >= 15 is 0 Å². The van der Waals surface area contributed by atoms with E-state index < -0.39 is 0 Å². The highest BCUT2D eigenvalue weighted by Crippen LogP contribution is 2.21. The second kappa shape index (κ2) is 4.03. The Balaban J connectivity index is 2.37. The molecule has 0 saturated carbocycles. The smallest absolute Gasteiger partial charge is 0.161 e. The van der Waals surface area contributed by atoms with Crippen LogP contribution in [0.15, 0.2) is 41.0 Å². The SMILES string of the molecule is CC(=O)c1c[nH]c(-c2ccc(Br)cc2)c1. The minimum absolute atomic E-state index is 0.0783. The Bertz CT molecular complexity index is 485. The molecular formula is C12H10BrNO.